The summed E-state index contributed by atoms with van der Waals surface area (Å²) in [6, 6.07) is 9.33. The number of fused-ring (bicyclic) bond motifs is 2. The Hall–Kier alpha value is -4.22. The lowest BCUT2D eigenvalue weighted by Gasteiger charge is -2.30. The molecule has 1 aliphatic heterocycles. The number of halogens is 2. The summed E-state index contributed by atoms with van der Waals surface area (Å²) >= 11 is 6.17. The van der Waals surface area contributed by atoms with E-state index in [0.717, 1.165) is 18.2 Å². The van der Waals surface area contributed by atoms with E-state index in [0.29, 0.717) is 46.8 Å². The number of benzene rings is 2. The fourth-order valence-corrected chi connectivity index (χ4v) is 6.17. The molecule has 2 fully saturated rings. The van der Waals surface area contributed by atoms with Crippen LogP contribution in [0.4, 0.5) is 4.39 Å². The summed E-state index contributed by atoms with van der Waals surface area (Å²) in [5.41, 5.74) is 5.19. The van der Waals surface area contributed by atoms with Crippen molar-refractivity contribution in [3.8, 4) is 22.8 Å². The van der Waals surface area contributed by atoms with Crippen molar-refractivity contribution in [3.05, 3.63) is 70.3 Å². The van der Waals surface area contributed by atoms with Crippen LogP contribution in [0.2, 0.25) is 5.02 Å². The summed E-state index contributed by atoms with van der Waals surface area (Å²) in [4.78, 5) is 30.9. The second kappa shape index (κ2) is 10.2. The van der Waals surface area contributed by atoms with Crippen molar-refractivity contribution in [2.45, 2.75) is 49.7 Å². The second-order valence-electron chi connectivity index (χ2n) is 12.2. The van der Waals surface area contributed by atoms with E-state index in [4.69, 9.17) is 31.8 Å². The molecule has 3 heterocycles. The van der Waals surface area contributed by atoms with E-state index < -0.39 is 28.6 Å². The molecule has 228 valence electrons. The molecule has 4 aromatic rings. The van der Waals surface area contributed by atoms with Crippen LogP contribution < -0.4 is 20.5 Å². The lowest BCUT2D eigenvalue weighted by molar-refractivity contribution is -0.123. The first-order valence-corrected chi connectivity index (χ1v) is 14.9. The Balaban J connectivity index is 1.26. The fourth-order valence-electron chi connectivity index (χ4n) is 5.95. The number of primary amides is 1. The van der Waals surface area contributed by atoms with Gasteiger partial charge in [-0.15, -0.1) is 0 Å². The summed E-state index contributed by atoms with van der Waals surface area (Å²) in [5, 5.41) is 20.7. The molecule has 7 rings (SSSR count). The van der Waals surface area contributed by atoms with Crippen LogP contribution in [0, 0.1) is 11.7 Å². The zero-order valence-electron chi connectivity index (χ0n) is 24.2. The number of carbonyl (C=O) groups is 2. The Morgan fingerprint density at radius 1 is 1.23 bits per heavy atom. The number of ether oxygens (including phenoxy) is 2. The van der Waals surface area contributed by atoms with Crippen LogP contribution in [0.1, 0.15) is 60.3 Å². The number of pyridine rings is 1. The fraction of sp³-hybridized carbons (Fsp3) is 0.375. The van der Waals surface area contributed by atoms with Gasteiger partial charge in [0.25, 0.3) is 5.91 Å². The molecule has 2 amide bonds. The molecule has 10 nitrogen and oxygen atoms in total. The van der Waals surface area contributed by atoms with Crippen molar-refractivity contribution in [2.75, 3.05) is 20.3 Å². The summed E-state index contributed by atoms with van der Waals surface area (Å²) in [6.07, 6.45) is 5.46. The van der Waals surface area contributed by atoms with Gasteiger partial charge in [0, 0.05) is 33.3 Å². The number of hydrogen-bond donors (Lipinski definition) is 3. The predicted octanol–water partition coefficient (Wildman–Crippen LogP) is 4.40. The van der Waals surface area contributed by atoms with E-state index in [1.165, 1.54) is 25.3 Å². The Labute approximate surface area is 257 Å². The number of carbonyl (C=O) groups excluding carboxylic acids is 2. The number of aromatic nitrogens is 3. The molecule has 2 aromatic carbocycles. The lowest BCUT2D eigenvalue weighted by atomic mass is 9.81. The maximum atomic E-state index is 14.4. The zero-order chi connectivity index (χ0) is 31.0. The normalized spacial score (nSPS) is 20.6. The van der Waals surface area contributed by atoms with E-state index in [-0.39, 0.29) is 41.2 Å². The van der Waals surface area contributed by atoms with E-state index in [1.807, 2.05) is 10.9 Å². The number of aliphatic hydroxyl groups is 1. The molecule has 0 bridgehead atoms. The van der Waals surface area contributed by atoms with Crippen LogP contribution in [0.5, 0.6) is 11.5 Å². The van der Waals surface area contributed by atoms with E-state index in [2.05, 4.69) is 10.4 Å². The number of nitrogens with two attached hydrogens (primary N) is 1. The first kappa shape index (κ1) is 28.5. The second-order valence-corrected chi connectivity index (χ2v) is 12.7. The molecule has 12 heteroatoms. The molecule has 4 N–H and O–H groups in total. The average Bonchev–Trinajstić information content (AvgIpc) is 3.94. The van der Waals surface area contributed by atoms with E-state index in [9.17, 15) is 19.1 Å². The molecule has 0 unspecified atom stereocenters. The quantitative estimate of drug-likeness (QED) is 0.252. The minimum atomic E-state index is -1.61. The van der Waals surface area contributed by atoms with Gasteiger partial charge in [0.15, 0.2) is 0 Å². The first-order chi connectivity index (χ1) is 21.0. The van der Waals surface area contributed by atoms with Crippen molar-refractivity contribution in [1.82, 2.24) is 20.1 Å². The van der Waals surface area contributed by atoms with Gasteiger partial charge in [-0.1, -0.05) is 11.6 Å². The lowest BCUT2D eigenvalue weighted by Crippen LogP contribution is -2.44. The molecule has 3 aliphatic rings. The maximum absolute atomic E-state index is 14.4. The van der Waals surface area contributed by atoms with Gasteiger partial charge in [-0.3, -0.25) is 14.3 Å². The van der Waals surface area contributed by atoms with Crippen LogP contribution >= 0.6 is 11.6 Å². The molecule has 2 saturated carbocycles. The molecule has 0 saturated heterocycles. The number of nitrogens with one attached hydrogen (secondary N) is 1. The van der Waals surface area contributed by atoms with Gasteiger partial charge in [-0.05, 0) is 74.9 Å². The number of methoxy groups -OCH3 is 1. The summed E-state index contributed by atoms with van der Waals surface area (Å²) in [5.74, 6) is -1.07. The van der Waals surface area contributed by atoms with Crippen molar-refractivity contribution in [1.29, 1.82) is 0 Å². The SMILES string of the molecule is COc1cc(C(=O)NC[C@](O)(c2cc3c(c(-c4cc(F)cc(Cl)c4)n2)OC[C@]3(C)C(N)=O)C2CC2)cc2cn(C3CC3)nc12. The predicted molar refractivity (Wildman–Crippen MR) is 160 cm³/mol. The van der Waals surface area contributed by atoms with E-state index >= 15 is 0 Å². The Morgan fingerprint density at radius 2 is 2.00 bits per heavy atom. The van der Waals surface area contributed by atoms with Crippen molar-refractivity contribution >= 4 is 34.3 Å². The van der Waals surface area contributed by atoms with Gasteiger partial charge >= 0.3 is 0 Å². The molecular formula is C32H31ClFN5O5. The third kappa shape index (κ3) is 4.75. The Kier molecular flexibility index (Phi) is 6.60. The molecule has 44 heavy (non-hydrogen) atoms. The largest absolute Gasteiger partial charge is 0.494 e. The number of rotatable bonds is 9. The van der Waals surface area contributed by atoms with Gasteiger partial charge < -0.3 is 25.6 Å². The third-order valence-electron chi connectivity index (χ3n) is 8.96. The topological polar surface area (TPSA) is 142 Å². The molecule has 0 radical (unpaired) electrons. The van der Waals surface area contributed by atoms with Crippen molar-refractivity contribution in [3.63, 3.8) is 0 Å². The minimum absolute atomic E-state index is 0.0426. The van der Waals surface area contributed by atoms with Crippen LogP contribution in [-0.2, 0) is 15.8 Å². The molecule has 2 atom stereocenters. The van der Waals surface area contributed by atoms with Crippen molar-refractivity contribution < 1.29 is 28.6 Å². The minimum Gasteiger partial charge on any atom is -0.494 e. The number of hydrogen-bond acceptors (Lipinski definition) is 7. The van der Waals surface area contributed by atoms with Crippen LogP contribution in [0.25, 0.3) is 22.2 Å². The number of amides is 2. The highest BCUT2D eigenvalue weighted by atomic mass is 35.5. The van der Waals surface area contributed by atoms with Crippen LogP contribution in [-0.4, -0.2) is 51.9 Å². The highest BCUT2D eigenvalue weighted by Gasteiger charge is 2.50. The van der Waals surface area contributed by atoms with Crippen LogP contribution in [0.15, 0.2) is 42.6 Å². The maximum Gasteiger partial charge on any atom is 0.251 e. The standard InChI is InChI=1S/C32H31ClFN5O5/c1-31(30(35)41)15-44-28-23(31)12-25(37-27(28)16-8-20(33)11-21(34)9-16)32(42,19-3-4-19)14-36-29(40)17-7-18-13-39(22-5-6-22)38-26(18)24(10-17)43-2/h7-13,19,22,42H,3-6,14-15H2,1-2H3,(H2,35,41)(H,36,40)/t31-,32+/m0/s1. The van der Waals surface area contributed by atoms with Gasteiger partial charge in [0.2, 0.25) is 5.91 Å². The Morgan fingerprint density at radius 3 is 2.66 bits per heavy atom. The number of nitrogens with zero attached hydrogens (tertiary/aromatic N) is 3. The van der Waals surface area contributed by atoms with Gasteiger partial charge in [0.1, 0.15) is 46.1 Å². The Bertz CT molecular complexity index is 1830. The van der Waals surface area contributed by atoms with Gasteiger partial charge in [-0.2, -0.15) is 5.10 Å². The van der Waals surface area contributed by atoms with Crippen molar-refractivity contribution in [2.24, 2.45) is 11.7 Å². The molecule has 2 aromatic heterocycles. The van der Waals surface area contributed by atoms with Gasteiger partial charge in [-0.25, -0.2) is 9.37 Å². The van der Waals surface area contributed by atoms with Gasteiger partial charge in [0.05, 0.1) is 25.4 Å². The highest BCUT2D eigenvalue weighted by Crippen LogP contribution is 2.50. The summed E-state index contributed by atoms with van der Waals surface area (Å²) < 4.78 is 27.8. The zero-order valence-corrected chi connectivity index (χ0v) is 24.9. The van der Waals surface area contributed by atoms with E-state index in [1.54, 1.807) is 25.1 Å². The summed E-state index contributed by atoms with van der Waals surface area (Å²) in [6.45, 7) is 1.45. The smallest absolute Gasteiger partial charge is 0.251 e. The molecular weight excluding hydrogens is 589 g/mol. The monoisotopic (exact) mass is 619 g/mol. The first-order valence-electron chi connectivity index (χ1n) is 14.5. The molecule has 0 spiro atoms. The summed E-state index contributed by atoms with van der Waals surface area (Å²) in [7, 11) is 1.53. The van der Waals surface area contributed by atoms with Crippen LogP contribution in [0.3, 0.4) is 0 Å². The molecule has 2 aliphatic carbocycles. The highest BCUT2D eigenvalue weighted by molar-refractivity contribution is 6.30. The third-order valence-corrected chi connectivity index (χ3v) is 9.18. The average molecular weight is 620 g/mol.